The van der Waals surface area contributed by atoms with Crippen LogP contribution in [0.4, 0.5) is 0 Å². The van der Waals surface area contributed by atoms with E-state index in [4.69, 9.17) is 0 Å². The highest BCUT2D eigenvalue weighted by Gasteiger charge is 2.18. The van der Waals surface area contributed by atoms with Crippen molar-refractivity contribution in [3.05, 3.63) is 22.4 Å². The Kier molecular flexibility index (Phi) is 5.05. The molecule has 1 aromatic rings. The molecule has 1 aromatic heterocycles. The molecule has 0 radical (unpaired) electrons. The van der Waals surface area contributed by atoms with Gasteiger partial charge in [0.15, 0.2) is 0 Å². The molecule has 1 aliphatic rings. The molecule has 0 unspecified atom stereocenters. The van der Waals surface area contributed by atoms with Crippen molar-refractivity contribution in [1.82, 2.24) is 14.4 Å². The highest BCUT2D eigenvalue weighted by Crippen LogP contribution is 2.16. The summed E-state index contributed by atoms with van der Waals surface area (Å²) >= 11 is 3.43. The van der Waals surface area contributed by atoms with E-state index in [0.717, 1.165) is 29.8 Å². The van der Waals surface area contributed by atoms with Crippen molar-refractivity contribution in [2.45, 2.75) is 26.3 Å². The van der Waals surface area contributed by atoms with Gasteiger partial charge in [0.25, 0.3) is 5.91 Å². The fourth-order valence-corrected chi connectivity index (χ4v) is 2.97. The van der Waals surface area contributed by atoms with E-state index in [-0.39, 0.29) is 5.91 Å². The molecule has 0 atom stereocenters. The van der Waals surface area contributed by atoms with Gasteiger partial charge in [0.1, 0.15) is 5.69 Å². The minimum atomic E-state index is 0.103. The summed E-state index contributed by atoms with van der Waals surface area (Å²) in [5, 5.41) is 0. The van der Waals surface area contributed by atoms with Crippen molar-refractivity contribution in [2.75, 3.05) is 33.2 Å². The van der Waals surface area contributed by atoms with Crippen molar-refractivity contribution in [1.29, 1.82) is 0 Å². The summed E-state index contributed by atoms with van der Waals surface area (Å²) in [6.07, 6.45) is 4.55. The van der Waals surface area contributed by atoms with Crippen molar-refractivity contribution in [2.24, 2.45) is 0 Å². The van der Waals surface area contributed by atoms with E-state index < -0.39 is 0 Å². The Bertz CT molecular complexity index is 438. The van der Waals surface area contributed by atoms with Crippen molar-refractivity contribution in [3.63, 3.8) is 0 Å². The number of aryl methyl sites for hydroxylation is 1. The molecule has 1 saturated heterocycles. The standard InChI is InChI=1S/C14H22BrN3O/c1-3-18-11-12(15)10-13(18)14(19)16(2)8-9-17-6-4-5-7-17/h10-11H,3-9H2,1-2H3. The first-order chi connectivity index (χ1) is 9.11. The van der Waals surface area contributed by atoms with Crippen LogP contribution < -0.4 is 0 Å². The van der Waals surface area contributed by atoms with Gasteiger partial charge in [0, 0.05) is 37.4 Å². The van der Waals surface area contributed by atoms with E-state index in [0.29, 0.717) is 0 Å². The third-order valence-electron chi connectivity index (χ3n) is 3.72. The number of hydrogen-bond acceptors (Lipinski definition) is 2. The Balaban J connectivity index is 1.93. The van der Waals surface area contributed by atoms with Crippen LogP contribution in [-0.2, 0) is 6.54 Å². The van der Waals surface area contributed by atoms with Gasteiger partial charge in [-0.05, 0) is 54.9 Å². The molecule has 0 N–H and O–H groups in total. The second kappa shape index (κ2) is 6.57. The lowest BCUT2D eigenvalue weighted by molar-refractivity contribution is 0.0772. The molecule has 1 fully saturated rings. The van der Waals surface area contributed by atoms with Gasteiger partial charge < -0.3 is 14.4 Å². The first-order valence-corrected chi connectivity index (χ1v) is 7.74. The van der Waals surface area contributed by atoms with Crippen LogP contribution in [0.25, 0.3) is 0 Å². The molecule has 0 bridgehead atoms. The lowest BCUT2D eigenvalue weighted by atomic mass is 10.3. The Morgan fingerprint density at radius 3 is 2.74 bits per heavy atom. The fourth-order valence-electron chi connectivity index (χ4n) is 2.51. The zero-order valence-corrected chi connectivity index (χ0v) is 13.3. The number of carbonyl (C=O) groups excluding carboxylic acids is 1. The quantitative estimate of drug-likeness (QED) is 0.831. The van der Waals surface area contributed by atoms with Crippen LogP contribution in [0.2, 0.25) is 0 Å². The number of likely N-dealkylation sites (N-methyl/N-ethyl adjacent to an activating group) is 1. The molecular weight excluding hydrogens is 306 g/mol. The van der Waals surface area contributed by atoms with Gasteiger partial charge in [0.2, 0.25) is 0 Å². The predicted molar refractivity (Wildman–Crippen MR) is 80.4 cm³/mol. The first kappa shape index (κ1) is 14.6. The number of amides is 1. The highest BCUT2D eigenvalue weighted by atomic mass is 79.9. The Labute approximate surface area is 123 Å². The van der Waals surface area contributed by atoms with E-state index in [1.165, 1.54) is 25.9 Å². The van der Waals surface area contributed by atoms with Crippen molar-refractivity contribution in [3.8, 4) is 0 Å². The van der Waals surface area contributed by atoms with E-state index in [2.05, 4.69) is 20.8 Å². The Morgan fingerprint density at radius 2 is 2.11 bits per heavy atom. The van der Waals surface area contributed by atoms with Gasteiger partial charge in [-0.25, -0.2) is 0 Å². The molecule has 1 aliphatic heterocycles. The zero-order chi connectivity index (χ0) is 13.8. The minimum Gasteiger partial charge on any atom is -0.343 e. The van der Waals surface area contributed by atoms with E-state index in [9.17, 15) is 4.79 Å². The largest absolute Gasteiger partial charge is 0.343 e. The molecule has 1 amide bonds. The zero-order valence-electron chi connectivity index (χ0n) is 11.7. The topological polar surface area (TPSA) is 28.5 Å². The number of aromatic nitrogens is 1. The summed E-state index contributed by atoms with van der Waals surface area (Å²) < 4.78 is 2.95. The van der Waals surface area contributed by atoms with E-state index in [1.54, 1.807) is 0 Å². The smallest absolute Gasteiger partial charge is 0.270 e. The third kappa shape index (κ3) is 3.60. The van der Waals surface area contributed by atoms with Gasteiger partial charge in [-0.3, -0.25) is 4.79 Å². The second-order valence-electron chi connectivity index (χ2n) is 5.11. The van der Waals surface area contributed by atoms with Crippen LogP contribution in [0.15, 0.2) is 16.7 Å². The summed E-state index contributed by atoms with van der Waals surface area (Å²) in [6, 6.07) is 1.90. The van der Waals surface area contributed by atoms with E-state index in [1.807, 2.05) is 35.7 Å². The Morgan fingerprint density at radius 1 is 1.42 bits per heavy atom. The van der Waals surface area contributed by atoms with Crippen molar-refractivity contribution < 1.29 is 4.79 Å². The minimum absolute atomic E-state index is 0.103. The van der Waals surface area contributed by atoms with Gasteiger partial charge in [-0.1, -0.05) is 0 Å². The highest BCUT2D eigenvalue weighted by molar-refractivity contribution is 9.10. The first-order valence-electron chi connectivity index (χ1n) is 6.95. The molecular formula is C14H22BrN3O. The van der Waals surface area contributed by atoms with Crippen LogP contribution in [0.5, 0.6) is 0 Å². The average molecular weight is 328 g/mol. The molecule has 4 nitrogen and oxygen atoms in total. The SMILES string of the molecule is CCn1cc(Br)cc1C(=O)N(C)CCN1CCCC1. The number of rotatable bonds is 5. The number of halogens is 1. The van der Waals surface area contributed by atoms with Gasteiger partial charge in [-0.15, -0.1) is 0 Å². The second-order valence-corrected chi connectivity index (χ2v) is 6.02. The number of likely N-dealkylation sites (tertiary alicyclic amines) is 1. The van der Waals surface area contributed by atoms with E-state index >= 15 is 0 Å². The van der Waals surface area contributed by atoms with Crippen LogP contribution in [-0.4, -0.2) is 53.5 Å². The maximum absolute atomic E-state index is 12.4. The van der Waals surface area contributed by atoms with Gasteiger partial charge in [0.05, 0.1) is 0 Å². The molecule has 106 valence electrons. The lowest BCUT2D eigenvalue weighted by Gasteiger charge is -2.22. The molecule has 0 aliphatic carbocycles. The average Bonchev–Trinajstić information content (AvgIpc) is 3.03. The normalized spacial score (nSPS) is 15.9. The molecule has 5 heteroatoms. The van der Waals surface area contributed by atoms with Gasteiger partial charge >= 0.3 is 0 Å². The summed E-state index contributed by atoms with van der Waals surface area (Å²) in [5.41, 5.74) is 0.762. The monoisotopic (exact) mass is 327 g/mol. The van der Waals surface area contributed by atoms with Crippen LogP contribution in [0.3, 0.4) is 0 Å². The maximum atomic E-state index is 12.4. The fraction of sp³-hybridized carbons (Fsp3) is 0.643. The van der Waals surface area contributed by atoms with Crippen LogP contribution in [0, 0.1) is 0 Å². The molecule has 19 heavy (non-hydrogen) atoms. The Hall–Kier alpha value is -0.810. The summed E-state index contributed by atoms with van der Waals surface area (Å²) in [7, 11) is 1.89. The van der Waals surface area contributed by atoms with Crippen LogP contribution in [0.1, 0.15) is 30.3 Å². The summed E-state index contributed by atoms with van der Waals surface area (Å²) in [5.74, 6) is 0.103. The number of carbonyl (C=O) groups is 1. The molecule has 0 saturated carbocycles. The molecule has 0 aromatic carbocycles. The molecule has 2 rings (SSSR count). The molecule has 2 heterocycles. The van der Waals surface area contributed by atoms with Crippen LogP contribution >= 0.6 is 15.9 Å². The molecule has 0 spiro atoms. The summed E-state index contributed by atoms with van der Waals surface area (Å²) in [4.78, 5) is 16.7. The van der Waals surface area contributed by atoms with Crippen molar-refractivity contribution >= 4 is 21.8 Å². The maximum Gasteiger partial charge on any atom is 0.270 e. The predicted octanol–water partition coefficient (Wildman–Crippen LogP) is 2.44. The third-order valence-corrected chi connectivity index (χ3v) is 4.15. The number of nitrogens with zero attached hydrogens (tertiary/aromatic N) is 3. The number of hydrogen-bond donors (Lipinski definition) is 0. The lowest BCUT2D eigenvalue weighted by Crippen LogP contribution is -2.36. The summed E-state index contributed by atoms with van der Waals surface area (Å²) in [6.45, 7) is 7.00. The van der Waals surface area contributed by atoms with Gasteiger partial charge in [-0.2, -0.15) is 0 Å².